The van der Waals surface area contributed by atoms with Gasteiger partial charge in [-0.05, 0) is 29.2 Å². The van der Waals surface area contributed by atoms with Gasteiger partial charge >= 0.3 is 14.4 Å². The van der Waals surface area contributed by atoms with Crippen LogP contribution in [0.3, 0.4) is 0 Å². The number of rotatable bonds is 8. The van der Waals surface area contributed by atoms with Gasteiger partial charge in [-0.25, -0.2) is 0 Å². The van der Waals surface area contributed by atoms with Crippen LogP contribution in [0.15, 0.2) is 41.3 Å². The van der Waals surface area contributed by atoms with Crippen molar-refractivity contribution in [2.24, 2.45) is 11.8 Å². The number of phenolic OH excluding ortho intramolecular Hbond substituents is 1. The number of carboxylic acids is 1. The maximum atomic E-state index is 11.6. The maximum absolute atomic E-state index is 11.6. The number of hydrogen-bond acceptors (Lipinski definition) is 4. The highest BCUT2D eigenvalue weighted by atomic mass is 32.2. The normalized spacial score (nSPS) is 14.1. The van der Waals surface area contributed by atoms with Crippen LogP contribution in [0.25, 0.3) is 10.8 Å². The highest BCUT2D eigenvalue weighted by Crippen LogP contribution is 2.38. The van der Waals surface area contributed by atoms with Crippen molar-refractivity contribution in [1.82, 2.24) is 0 Å². The number of carbonyl (C=O) groups is 1. The van der Waals surface area contributed by atoms with Gasteiger partial charge in [0.1, 0.15) is 11.7 Å². The van der Waals surface area contributed by atoms with Crippen LogP contribution in [0.1, 0.15) is 20.3 Å². The third kappa shape index (κ3) is 4.49. The van der Waals surface area contributed by atoms with Gasteiger partial charge in [0, 0.05) is 5.75 Å². The predicted octanol–water partition coefficient (Wildman–Crippen LogP) is 4.78. The molecule has 0 aromatic heterocycles. The summed E-state index contributed by atoms with van der Waals surface area (Å²) >= 11 is 1.38. The van der Waals surface area contributed by atoms with Gasteiger partial charge in [0.15, 0.2) is 5.66 Å². The van der Waals surface area contributed by atoms with Gasteiger partial charge < -0.3 is 10.2 Å². The summed E-state index contributed by atoms with van der Waals surface area (Å²) in [5.41, 5.74) is -0.437. The molecule has 4 nitrogen and oxygen atoms in total. The Morgan fingerprint density at radius 2 is 1.92 bits per heavy atom. The van der Waals surface area contributed by atoms with Crippen LogP contribution in [0.2, 0.25) is 0 Å². The van der Waals surface area contributed by atoms with E-state index in [0.717, 1.165) is 10.8 Å². The lowest BCUT2D eigenvalue weighted by Crippen LogP contribution is -2.27. The summed E-state index contributed by atoms with van der Waals surface area (Å²) in [4.78, 5) is 12.2. The second kappa shape index (κ2) is 8.50. The minimum atomic E-state index is -0.903. The molecule has 128 valence electrons. The van der Waals surface area contributed by atoms with Crippen LogP contribution < -0.4 is 0 Å². The molecule has 3 unspecified atom stereocenters. The molecule has 0 aliphatic carbocycles. The van der Waals surface area contributed by atoms with Crippen molar-refractivity contribution in [3.05, 3.63) is 36.4 Å². The third-order valence-corrected chi connectivity index (χ3v) is 6.39. The number of thioether (sulfide) groups is 1. The standard InChI is InChI=1S/C18H21O4PS/c1-11(2)9-14(18(20)21)16(23-22)10-24-17-13-6-4-3-5-12(13)7-8-15(17)19/h3-8,11,14,16,19H,9-10H2,1-2H3,(H,20,21)/p+1. The molecule has 0 bridgehead atoms. The molecule has 3 atom stereocenters. The van der Waals surface area contributed by atoms with Gasteiger partial charge in [-0.1, -0.05) is 48.7 Å². The van der Waals surface area contributed by atoms with Crippen molar-refractivity contribution in [2.45, 2.75) is 30.8 Å². The Kier molecular flexibility index (Phi) is 6.64. The summed E-state index contributed by atoms with van der Waals surface area (Å²) in [5, 5.41) is 21.6. The number of benzene rings is 2. The summed E-state index contributed by atoms with van der Waals surface area (Å²) in [6, 6.07) is 11.2. The molecule has 0 aliphatic heterocycles. The zero-order chi connectivity index (χ0) is 17.7. The first-order chi connectivity index (χ1) is 11.4. The lowest BCUT2D eigenvalue weighted by atomic mass is 9.94. The Morgan fingerprint density at radius 1 is 1.21 bits per heavy atom. The lowest BCUT2D eigenvalue weighted by molar-refractivity contribution is -0.142. The molecule has 0 aliphatic rings. The zero-order valence-corrected chi connectivity index (χ0v) is 15.5. The van der Waals surface area contributed by atoms with Crippen molar-refractivity contribution in [3.63, 3.8) is 0 Å². The van der Waals surface area contributed by atoms with Crippen LogP contribution in [-0.4, -0.2) is 27.6 Å². The van der Waals surface area contributed by atoms with Gasteiger partial charge in [0.2, 0.25) is 0 Å². The van der Waals surface area contributed by atoms with E-state index in [1.165, 1.54) is 11.8 Å². The van der Waals surface area contributed by atoms with Gasteiger partial charge in [0.05, 0.1) is 4.90 Å². The van der Waals surface area contributed by atoms with Crippen LogP contribution >= 0.6 is 20.2 Å². The van der Waals surface area contributed by atoms with E-state index < -0.39 is 26.0 Å². The summed E-state index contributed by atoms with van der Waals surface area (Å²) in [6.45, 7) is 3.93. The fraction of sp³-hybridized carbons (Fsp3) is 0.389. The quantitative estimate of drug-likeness (QED) is 0.520. The molecule has 0 fully saturated rings. The first-order valence-corrected chi connectivity index (χ1v) is 9.85. The highest BCUT2D eigenvalue weighted by molar-refractivity contribution is 7.99. The van der Waals surface area contributed by atoms with Crippen LogP contribution in [0.5, 0.6) is 5.75 Å². The highest BCUT2D eigenvalue weighted by Gasteiger charge is 2.35. The third-order valence-electron chi connectivity index (χ3n) is 3.95. The van der Waals surface area contributed by atoms with Crippen molar-refractivity contribution >= 4 is 37.0 Å². The van der Waals surface area contributed by atoms with E-state index in [1.807, 2.05) is 44.2 Å². The predicted molar refractivity (Wildman–Crippen MR) is 99.7 cm³/mol. The second-order valence-electron chi connectivity index (χ2n) is 6.24. The molecule has 0 spiro atoms. The number of aliphatic carboxylic acids is 1. The molecule has 0 radical (unpaired) electrons. The lowest BCUT2D eigenvalue weighted by Gasteiger charge is -2.16. The Hall–Kier alpha value is -1.58. The first kappa shape index (κ1) is 18.8. The monoisotopic (exact) mass is 365 g/mol. The molecule has 2 aromatic carbocycles. The van der Waals surface area contributed by atoms with E-state index in [0.29, 0.717) is 17.1 Å². The molecule has 2 aromatic rings. The van der Waals surface area contributed by atoms with Crippen molar-refractivity contribution < 1.29 is 19.6 Å². The second-order valence-corrected chi connectivity index (χ2v) is 8.25. The van der Waals surface area contributed by atoms with Crippen molar-refractivity contribution in [1.29, 1.82) is 0 Å². The minimum Gasteiger partial charge on any atom is -0.507 e. The molecule has 0 amide bonds. The Bertz CT molecular complexity index is 732. The number of fused-ring (bicyclic) bond motifs is 1. The summed E-state index contributed by atoms with van der Waals surface area (Å²) < 4.78 is 11.6. The first-order valence-electron chi connectivity index (χ1n) is 7.88. The topological polar surface area (TPSA) is 74.6 Å². The number of phenols is 1. The van der Waals surface area contributed by atoms with Gasteiger partial charge in [-0.2, -0.15) is 0 Å². The SMILES string of the molecule is CC(C)CC(C(=O)O)C(CSc1c(O)ccc2ccccc12)[PH+]=O. The largest absolute Gasteiger partial charge is 0.507 e. The van der Waals surface area contributed by atoms with E-state index in [9.17, 15) is 19.6 Å². The summed E-state index contributed by atoms with van der Waals surface area (Å²) in [6.07, 6.45) is 0.497. The van der Waals surface area contributed by atoms with E-state index >= 15 is 0 Å². The van der Waals surface area contributed by atoms with Gasteiger partial charge in [-0.3, -0.25) is 4.79 Å². The molecule has 6 heteroatoms. The molecular formula is C18H22O4PS+. The molecule has 2 N–H and O–H groups in total. The molecule has 24 heavy (non-hydrogen) atoms. The fourth-order valence-corrected chi connectivity index (χ4v) is 4.83. The van der Waals surface area contributed by atoms with Crippen LogP contribution in [-0.2, 0) is 9.36 Å². The van der Waals surface area contributed by atoms with Gasteiger partial charge in [-0.15, -0.1) is 11.8 Å². The Morgan fingerprint density at radius 3 is 2.54 bits per heavy atom. The molecule has 0 heterocycles. The Balaban J connectivity index is 2.23. The summed E-state index contributed by atoms with van der Waals surface area (Å²) in [5.74, 6) is -0.749. The summed E-state index contributed by atoms with van der Waals surface area (Å²) in [7, 11) is -0.686. The fourth-order valence-electron chi connectivity index (χ4n) is 2.73. The maximum Gasteiger partial charge on any atom is 0.329 e. The average molecular weight is 365 g/mol. The molecular weight excluding hydrogens is 343 g/mol. The number of aromatic hydroxyl groups is 1. The van der Waals surface area contributed by atoms with Crippen LogP contribution in [0.4, 0.5) is 0 Å². The zero-order valence-electron chi connectivity index (χ0n) is 13.7. The molecule has 0 saturated heterocycles. The van der Waals surface area contributed by atoms with Gasteiger partial charge in [0.25, 0.3) is 0 Å². The molecule has 2 rings (SSSR count). The Labute approximate surface area is 147 Å². The average Bonchev–Trinajstić information content (AvgIpc) is 2.55. The van der Waals surface area contributed by atoms with Crippen molar-refractivity contribution in [3.8, 4) is 5.75 Å². The minimum absolute atomic E-state index is 0.169. The van der Waals surface area contributed by atoms with E-state index in [2.05, 4.69) is 0 Å². The van der Waals surface area contributed by atoms with E-state index in [-0.39, 0.29) is 11.7 Å². The molecule has 0 saturated carbocycles. The van der Waals surface area contributed by atoms with E-state index in [1.54, 1.807) is 6.07 Å². The van der Waals surface area contributed by atoms with Crippen LogP contribution in [0, 0.1) is 11.8 Å². The number of carboxylic acid groups (broad SMARTS) is 1. The number of hydrogen-bond donors (Lipinski definition) is 2. The smallest absolute Gasteiger partial charge is 0.329 e. The van der Waals surface area contributed by atoms with Crippen molar-refractivity contribution in [2.75, 3.05) is 5.75 Å². The van der Waals surface area contributed by atoms with E-state index in [4.69, 9.17) is 0 Å².